The highest BCUT2D eigenvalue weighted by atomic mass is 16.5. The Morgan fingerprint density at radius 3 is 2.79 bits per heavy atom. The Labute approximate surface area is 222 Å². The maximum Gasteiger partial charge on any atom is 0.267 e. The summed E-state index contributed by atoms with van der Waals surface area (Å²) < 4.78 is 5.54. The van der Waals surface area contributed by atoms with Gasteiger partial charge in [0.15, 0.2) is 0 Å². The van der Waals surface area contributed by atoms with Gasteiger partial charge in [-0.3, -0.25) is 14.9 Å². The molecule has 1 unspecified atom stereocenters. The van der Waals surface area contributed by atoms with E-state index >= 15 is 0 Å². The zero-order chi connectivity index (χ0) is 26.3. The molecule has 1 amide bonds. The molecule has 4 N–H and O–H groups in total. The first-order valence-corrected chi connectivity index (χ1v) is 13.0. The molecule has 0 spiro atoms. The lowest BCUT2D eigenvalue weighted by Gasteiger charge is -2.30. The number of hydrogen-bond acceptors (Lipinski definition) is 5. The molecule has 38 heavy (non-hydrogen) atoms. The number of H-pyrrole nitrogens is 1. The molecule has 196 valence electrons. The minimum atomic E-state index is -0.542. The first-order valence-electron chi connectivity index (χ1n) is 13.0. The Balaban J connectivity index is 1.37. The average molecular weight is 512 g/mol. The molecule has 7 heteroatoms. The summed E-state index contributed by atoms with van der Waals surface area (Å²) in [6.07, 6.45) is 8.12. The largest absolute Gasteiger partial charge is 0.491 e. The van der Waals surface area contributed by atoms with E-state index in [4.69, 9.17) is 15.1 Å². The second-order valence-electron chi connectivity index (χ2n) is 9.62. The highest BCUT2D eigenvalue weighted by molar-refractivity contribution is 5.90. The topological polar surface area (TPSA) is 97.8 Å². The fourth-order valence-electron chi connectivity index (χ4n) is 5.34. The number of carbonyl (C=O) groups is 1. The van der Waals surface area contributed by atoms with Gasteiger partial charge in [0.2, 0.25) is 0 Å². The lowest BCUT2D eigenvalue weighted by molar-refractivity contribution is -0.124. The van der Waals surface area contributed by atoms with Gasteiger partial charge in [0, 0.05) is 42.3 Å². The van der Waals surface area contributed by atoms with Gasteiger partial charge in [0.25, 0.3) is 5.91 Å². The van der Waals surface area contributed by atoms with Gasteiger partial charge in [-0.2, -0.15) is 0 Å². The number of hydrogen-bond donors (Lipinski definition) is 4. The van der Waals surface area contributed by atoms with Crippen LogP contribution in [-0.2, 0) is 24.2 Å². The van der Waals surface area contributed by atoms with E-state index in [0.29, 0.717) is 6.04 Å². The van der Waals surface area contributed by atoms with Gasteiger partial charge in [0.1, 0.15) is 12.4 Å². The molecule has 1 atom stereocenters. The molecule has 1 aliphatic rings. The summed E-state index contributed by atoms with van der Waals surface area (Å²) in [6.45, 7) is 2.01. The lowest BCUT2D eigenvalue weighted by Crippen LogP contribution is -2.29. The molecule has 1 aromatic heterocycles. The summed E-state index contributed by atoms with van der Waals surface area (Å²) in [5.41, 5.74) is 8.89. The summed E-state index contributed by atoms with van der Waals surface area (Å²) in [4.78, 5) is 17.3. The smallest absolute Gasteiger partial charge is 0.267 e. The molecule has 0 fully saturated rings. The molecule has 0 saturated heterocycles. The van der Waals surface area contributed by atoms with Crippen LogP contribution in [0.5, 0.6) is 5.75 Å². The first-order chi connectivity index (χ1) is 18.6. The molecule has 5 rings (SSSR count). The highest BCUT2D eigenvalue weighted by Gasteiger charge is 2.28. The Bertz CT molecular complexity index is 1410. The number of hydroxylamine groups is 1. The summed E-state index contributed by atoms with van der Waals surface area (Å²) in [5.74, 6) is 0.217. The summed E-state index contributed by atoms with van der Waals surface area (Å²) >= 11 is 0. The number of aromatic nitrogens is 1. The third kappa shape index (κ3) is 5.97. The van der Waals surface area contributed by atoms with Crippen molar-refractivity contribution < 1.29 is 19.8 Å². The molecule has 0 aliphatic heterocycles. The Kier molecular flexibility index (Phi) is 8.19. The predicted octanol–water partition coefficient (Wildman–Crippen LogP) is 4.79. The van der Waals surface area contributed by atoms with Crippen LogP contribution in [0, 0.1) is 0 Å². The number of nitrogens with one attached hydrogen (secondary N) is 2. The van der Waals surface area contributed by atoms with Gasteiger partial charge in [-0.1, -0.05) is 48.5 Å². The quantitative estimate of drug-likeness (QED) is 0.132. The van der Waals surface area contributed by atoms with Crippen LogP contribution in [0.15, 0.2) is 79.0 Å². The van der Waals surface area contributed by atoms with E-state index in [0.717, 1.165) is 49.2 Å². The third-order valence-electron chi connectivity index (χ3n) is 7.20. The fraction of sp³-hybridized carbons (Fsp3) is 0.258. The molecule has 1 heterocycles. The van der Waals surface area contributed by atoms with E-state index < -0.39 is 5.91 Å². The molecule has 7 nitrogen and oxygen atoms in total. The van der Waals surface area contributed by atoms with Crippen LogP contribution >= 0.6 is 0 Å². The molecule has 0 radical (unpaired) electrons. The molecule has 1 aliphatic carbocycles. The number of benzene rings is 3. The van der Waals surface area contributed by atoms with Crippen LogP contribution in [0.2, 0.25) is 0 Å². The number of aromatic amines is 1. The Hall–Kier alpha value is -3.91. The van der Waals surface area contributed by atoms with Crippen LogP contribution in [-0.4, -0.2) is 45.9 Å². The number of carbonyl (C=O) groups excluding carboxylic acids is 1. The zero-order valence-electron chi connectivity index (χ0n) is 21.3. The Morgan fingerprint density at radius 2 is 1.97 bits per heavy atom. The normalized spacial score (nSPS) is 14.9. The van der Waals surface area contributed by atoms with E-state index in [-0.39, 0.29) is 13.2 Å². The Morgan fingerprint density at radius 1 is 1.13 bits per heavy atom. The standard InChI is InChI=1S/C31H33N3O4/c35-17-18-38-26-10-5-23(6-11-26)21-34(16-15-25-20-32-29-4-2-1-3-27(25)29)30-13-9-24-19-22(7-12-28(24)30)8-14-31(36)33-37/h1-8,10-12,14,19-20,30,32,35,37H,9,13,15-18,21H2,(H,33,36). The number of para-hydroxylation sites is 1. The van der Waals surface area contributed by atoms with E-state index in [1.54, 1.807) is 11.6 Å². The van der Waals surface area contributed by atoms with E-state index in [2.05, 4.69) is 64.6 Å². The second kappa shape index (κ2) is 12.1. The zero-order valence-corrected chi connectivity index (χ0v) is 21.3. The van der Waals surface area contributed by atoms with Crippen molar-refractivity contribution in [1.82, 2.24) is 15.4 Å². The van der Waals surface area contributed by atoms with E-state index in [1.807, 2.05) is 18.2 Å². The van der Waals surface area contributed by atoms with Crippen molar-refractivity contribution in [3.05, 3.63) is 107 Å². The number of aryl methyl sites for hydroxylation is 1. The minimum absolute atomic E-state index is 0.00338. The van der Waals surface area contributed by atoms with Crippen LogP contribution in [0.4, 0.5) is 0 Å². The monoisotopic (exact) mass is 511 g/mol. The van der Waals surface area contributed by atoms with Crippen molar-refractivity contribution in [2.24, 2.45) is 0 Å². The number of aliphatic hydroxyl groups is 1. The first kappa shape index (κ1) is 25.7. The number of amides is 1. The molecular formula is C31H33N3O4. The highest BCUT2D eigenvalue weighted by Crippen LogP contribution is 2.37. The number of nitrogens with zero attached hydrogens (tertiary/aromatic N) is 1. The fourth-order valence-corrected chi connectivity index (χ4v) is 5.34. The van der Waals surface area contributed by atoms with Crippen LogP contribution in [0.1, 0.15) is 40.3 Å². The van der Waals surface area contributed by atoms with Gasteiger partial charge in [-0.15, -0.1) is 0 Å². The number of aliphatic hydroxyl groups excluding tert-OH is 1. The van der Waals surface area contributed by atoms with E-state index in [9.17, 15) is 4.79 Å². The van der Waals surface area contributed by atoms with Gasteiger partial charge in [-0.25, -0.2) is 5.48 Å². The summed E-state index contributed by atoms with van der Waals surface area (Å²) in [7, 11) is 0. The van der Waals surface area contributed by atoms with Gasteiger partial charge < -0.3 is 14.8 Å². The van der Waals surface area contributed by atoms with Crippen molar-refractivity contribution in [2.45, 2.75) is 31.8 Å². The van der Waals surface area contributed by atoms with Crippen LogP contribution < -0.4 is 10.2 Å². The van der Waals surface area contributed by atoms with Gasteiger partial charge in [0.05, 0.1) is 6.61 Å². The van der Waals surface area contributed by atoms with Crippen molar-refractivity contribution in [1.29, 1.82) is 0 Å². The van der Waals surface area contributed by atoms with Crippen LogP contribution in [0.25, 0.3) is 17.0 Å². The molecular weight excluding hydrogens is 478 g/mol. The maximum absolute atomic E-state index is 11.4. The molecule has 0 saturated carbocycles. The molecule has 4 aromatic rings. The third-order valence-corrected chi connectivity index (χ3v) is 7.20. The van der Waals surface area contributed by atoms with Crippen molar-refractivity contribution in [2.75, 3.05) is 19.8 Å². The van der Waals surface area contributed by atoms with Gasteiger partial charge >= 0.3 is 0 Å². The molecule has 3 aromatic carbocycles. The van der Waals surface area contributed by atoms with Crippen LogP contribution in [0.3, 0.4) is 0 Å². The number of ether oxygens (including phenoxy) is 1. The SMILES string of the molecule is O=C(C=Cc1ccc2c(c1)CCC2N(CCc1c[nH]c2ccccc12)Cc1ccc(OCCO)cc1)NO. The lowest BCUT2D eigenvalue weighted by atomic mass is 10.0. The minimum Gasteiger partial charge on any atom is -0.491 e. The average Bonchev–Trinajstić information content (AvgIpc) is 3.57. The molecule has 0 bridgehead atoms. The predicted molar refractivity (Wildman–Crippen MR) is 148 cm³/mol. The number of fused-ring (bicyclic) bond motifs is 2. The van der Waals surface area contributed by atoms with Crippen molar-refractivity contribution in [3.8, 4) is 5.75 Å². The second-order valence-corrected chi connectivity index (χ2v) is 9.62. The number of rotatable bonds is 11. The van der Waals surface area contributed by atoms with E-state index in [1.165, 1.54) is 33.7 Å². The van der Waals surface area contributed by atoms with Crippen molar-refractivity contribution >= 4 is 22.9 Å². The van der Waals surface area contributed by atoms with Gasteiger partial charge in [-0.05, 0) is 71.4 Å². The summed E-state index contributed by atoms with van der Waals surface area (Å²) in [6, 6.07) is 23.2. The summed E-state index contributed by atoms with van der Waals surface area (Å²) in [5, 5.41) is 19.0. The van der Waals surface area contributed by atoms with Crippen molar-refractivity contribution in [3.63, 3.8) is 0 Å². The maximum atomic E-state index is 11.4.